The van der Waals surface area contributed by atoms with Crippen LogP contribution in [0.15, 0.2) is 64.2 Å². The standard InChI is InChI=1S/C29H35N3O4/c33-27-28(34)32(25-16-10-9-15-24(25)30-27)22-17-19-31(20-18-22)26(21-11-5-4-6-12-21)29(35)36-23-13-7-2-1-3-8-14-23/h4-6,9-12,15-16,22-23,26H,1-3,7-8,13-14,17-20H2,(H,30,33). The van der Waals surface area contributed by atoms with Crippen LogP contribution in [-0.4, -0.2) is 39.6 Å². The van der Waals surface area contributed by atoms with Gasteiger partial charge in [0.25, 0.3) is 0 Å². The van der Waals surface area contributed by atoms with E-state index in [0.717, 1.165) is 36.8 Å². The summed E-state index contributed by atoms with van der Waals surface area (Å²) < 4.78 is 7.77. The summed E-state index contributed by atoms with van der Waals surface area (Å²) in [5.74, 6) is -0.177. The van der Waals surface area contributed by atoms with Gasteiger partial charge in [0.1, 0.15) is 12.1 Å². The fraction of sp³-hybridized carbons (Fsp3) is 0.483. The zero-order valence-electron chi connectivity index (χ0n) is 20.7. The van der Waals surface area contributed by atoms with Crippen LogP contribution in [-0.2, 0) is 9.53 Å². The molecular formula is C29H35N3O4. The Bertz CT molecular complexity index is 1280. The van der Waals surface area contributed by atoms with Crippen LogP contribution in [0.1, 0.15) is 75.4 Å². The molecule has 5 rings (SSSR count). The van der Waals surface area contributed by atoms with E-state index in [9.17, 15) is 14.4 Å². The number of para-hydroxylation sites is 2. The molecule has 2 heterocycles. The Morgan fingerprint density at radius 1 is 0.833 bits per heavy atom. The summed E-state index contributed by atoms with van der Waals surface area (Å²) in [5, 5.41) is 0. The molecule has 0 radical (unpaired) electrons. The Morgan fingerprint density at radius 2 is 1.47 bits per heavy atom. The number of ether oxygens (including phenoxy) is 1. The molecule has 1 N–H and O–H groups in total. The monoisotopic (exact) mass is 489 g/mol. The summed E-state index contributed by atoms with van der Waals surface area (Å²) in [6.07, 6.45) is 9.12. The second-order valence-electron chi connectivity index (χ2n) is 10.1. The third-order valence-corrected chi connectivity index (χ3v) is 7.73. The lowest BCUT2D eigenvalue weighted by Crippen LogP contribution is -2.45. The molecule has 1 saturated carbocycles. The topological polar surface area (TPSA) is 84.4 Å². The van der Waals surface area contributed by atoms with Crippen molar-refractivity contribution in [3.63, 3.8) is 0 Å². The highest BCUT2D eigenvalue weighted by atomic mass is 16.5. The maximum absolute atomic E-state index is 13.6. The van der Waals surface area contributed by atoms with Crippen molar-refractivity contribution in [3.8, 4) is 0 Å². The molecule has 0 amide bonds. The summed E-state index contributed by atoms with van der Waals surface area (Å²) in [6, 6.07) is 16.7. The summed E-state index contributed by atoms with van der Waals surface area (Å²) in [5.41, 5.74) is 1.22. The zero-order valence-corrected chi connectivity index (χ0v) is 20.7. The van der Waals surface area contributed by atoms with Crippen molar-refractivity contribution in [1.29, 1.82) is 0 Å². The SMILES string of the molecule is O=C(OC1CCCCCCC1)C(c1ccccc1)N1CCC(n2c(=O)c(=O)[nH]c3ccccc32)CC1. The predicted octanol–water partition coefficient (Wildman–Crippen LogP) is 4.72. The molecule has 36 heavy (non-hydrogen) atoms. The smallest absolute Gasteiger partial charge is 0.328 e. The molecule has 0 bridgehead atoms. The number of hydrogen-bond acceptors (Lipinski definition) is 5. The van der Waals surface area contributed by atoms with Crippen molar-refractivity contribution in [1.82, 2.24) is 14.5 Å². The Hall–Kier alpha value is -3.19. The van der Waals surface area contributed by atoms with Crippen LogP contribution >= 0.6 is 0 Å². The van der Waals surface area contributed by atoms with Crippen molar-refractivity contribution in [3.05, 3.63) is 80.9 Å². The average molecular weight is 490 g/mol. The van der Waals surface area contributed by atoms with Gasteiger partial charge in [0.15, 0.2) is 0 Å². The minimum atomic E-state index is -0.596. The van der Waals surface area contributed by atoms with E-state index in [1.165, 1.54) is 19.3 Å². The minimum absolute atomic E-state index is 0.0115. The first-order chi connectivity index (χ1) is 17.6. The van der Waals surface area contributed by atoms with Gasteiger partial charge in [0, 0.05) is 19.1 Å². The van der Waals surface area contributed by atoms with Gasteiger partial charge in [0.2, 0.25) is 0 Å². The molecular weight excluding hydrogens is 454 g/mol. The molecule has 1 atom stereocenters. The third-order valence-electron chi connectivity index (χ3n) is 7.73. The van der Waals surface area contributed by atoms with Gasteiger partial charge < -0.3 is 9.72 Å². The van der Waals surface area contributed by atoms with E-state index in [2.05, 4.69) is 9.88 Å². The van der Waals surface area contributed by atoms with E-state index in [0.29, 0.717) is 31.4 Å². The van der Waals surface area contributed by atoms with Crippen LogP contribution < -0.4 is 11.1 Å². The number of aromatic amines is 1. The molecule has 7 nitrogen and oxygen atoms in total. The van der Waals surface area contributed by atoms with E-state index in [-0.39, 0.29) is 18.1 Å². The van der Waals surface area contributed by atoms with Gasteiger partial charge in [-0.2, -0.15) is 0 Å². The molecule has 7 heteroatoms. The summed E-state index contributed by atoms with van der Waals surface area (Å²) >= 11 is 0. The second-order valence-corrected chi connectivity index (χ2v) is 10.1. The van der Waals surface area contributed by atoms with Gasteiger partial charge in [-0.3, -0.25) is 19.1 Å². The molecule has 0 spiro atoms. The van der Waals surface area contributed by atoms with Crippen LogP contribution in [0.3, 0.4) is 0 Å². The second kappa shape index (κ2) is 11.2. The molecule has 1 aromatic heterocycles. The van der Waals surface area contributed by atoms with Crippen molar-refractivity contribution in [2.24, 2.45) is 0 Å². The molecule has 3 aromatic rings. The number of likely N-dealkylation sites (tertiary alicyclic amines) is 1. The summed E-state index contributed by atoms with van der Waals surface area (Å²) in [4.78, 5) is 43.6. The van der Waals surface area contributed by atoms with Crippen LogP contribution in [0.2, 0.25) is 0 Å². The maximum Gasteiger partial charge on any atom is 0.328 e. The molecule has 2 aliphatic rings. The molecule has 2 fully saturated rings. The van der Waals surface area contributed by atoms with Crippen LogP contribution in [0.4, 0.5) is 0 Å². The highest BCUT2D eigenvalue weighted by Crippen LogP contribution is 2.32. The Balaban J connectivity index is 1.36. The predicted molar refractivity (Wildman–Crippen MR) is 140 cm³/mol. The minimum Gasteiger partial charge on any atom is -0.461 e. The summed E-state index contributed by atoms with van der Waals surface area (Å²) in [6.45, 7) is 1.27. The lowest BCUT2D eigenvalue weighted by molar-refractivity contribution is -0.157. The van der Waals surface area contributed by atoms with Gasteiger partial charge in [-0.15, -0.1) is 0 Å². The number of aromatic nitrogens is 2. The Labute approximate surface area is 211 Å². The Kier molecular flexibility index (Phi) is 7.66. The van der Waals surface area contributed by atoms with E-state index < -0.39 is 17.2 Å². The Morgan fingerprint density at radius 3 is 2.19 bits per heavy atom. The fourth-order valence-corrected chi connectivity index (χ4v) is 5.85. The third kappa shape index (κ3) is 5.31. The van der Waals surface area contributed by atoms with E-state index >= 15 is 0 Å². The molecule has 1 aliphatic heterocycles. The normalized spacial score (nSPS) is 19.4. The average Bonchev–Trinajstić information content (AvgIpc) is 2.88. The van der Waals surface area contributed by atoms with E-state index in [1.807, 2.05) is 54.6 Å². The van der Waals surface area contributed by atoms with Gasteiger partial charge in [0.05, 0.1) is 11.0 Å². The number of esters is 1. The number of nitrogens with zero attached hydrogens (tertiary/aromatic N) is 2. The van der Waals surface area contributed by atoms with Crippen LogP contribution in [0.5, 0.6) is 0 Å². The molecule has 1 saturated heterocycles. The number of hydrogen-bond donors (Lipinski definition) is 1. The van der Waals surface area contributed by atoms with Crippen LogP contribution in [0, 0.1) is 0 Å². The quantitative estimate of drug-likeness (QED) is 0.414. The van der Waals surface area contributed by atoms with Gasteiger partial charge in [-0.05, 0) is 56.2 Å². The van der Waals surface area contributed by atoms with Gasteiger partial charge >= 0.3 is 17.1 Å². The number of rotatable bonds is 5. The van der Waals surface area contributed by atoms with E-state index in [1.54, 1.807) is 4.57 Å². The van der Waals surface area contributed by atoms with Gasteiger partial charge in [-0.25, -0.2) is 4.79 Å². The first kappa shape index (κ1) is 24.5. The maximum atomic E-state index is 13.6. The lowest BCUT2D eigenvalue weighted by Gasteiger charge is -2.38. The van der Waals surface area contributed by atoms with E-state index in [4.69, 9.17) is 4.74 Å². The van der Waals surface area contributed by atoms with Gasteiger partial charge in [-0.1, -0.05) is 61.7 Å². The largest absolute Gasteiger partial charge is 0.461 e. The van der Waals surface area contributed by atoms with Crippen molar-refractivity contribution >= 4 is 17.0 Å². The number of benzene rings is 2. The van der Waals surface area contributed by atoms with Crippen molar-refractivity contribution in [2.45, 2.75) is 76.0 Å². The number of carbonyl (C=O) groups is 1. The number of carbonyl (C=O) groups excluding carboxylic acids is 1. The summed E-state index contributed by atoms with van der Waals surface area (Å²) in [7, 11) is 0. The van der Waals surface area contributed by atoms with Crippen LogP contribution in [0.25, 0.3) is 11.0 Å². The number of nitrogens with one attached hydrogen (secondary N) is 1. The number of H-pyrrole nitrogens is 1. The number of piperidine rings is 1. The highest BCUT2D eigenvalue weighted by molar-refractivity contribution is 5.78. The van der Waals surface area contributed by atoms with Crippen molar-refractivity contribution < 1.29 is 9.53 Å². The zero-order chi connectivity index (χ0) is 24.9. The molecule has 2 aromatic carbocycles. The first-order valence-corrected chi connectivity index (χ1v) is 13.3. The fourth-order valence-electron chi connectivity index (χ4n) is 5.85. The number of fused-ring (bicyclic) bond motifs is 1. The molecule has 1 aliphatic carbocycles. The molecule has 190 valence electrons. The highest BCUT2D eigenvalue weighted by Gasteiger charge is 2.34. The first-order valence-electron chi connectivity index (χ1n) is 13.3. The lowest BCUT2D eigenvalue weighted by atomic mass is 9.97. The molecule has 1 unspecified atom stereocenters. The van der Waals surface area contributed by atoms with Crippen molar-refractivity contribution in [2.75, 3.05) is 13.1 Å².